The Balaban J connectivity index is 1.46. The number of aryl methyl sites for hydroxylation is 1. The second-order valence-corrected chi connectivity index (χ2v) is 6.87. The third kappa shape index (κ3) is 3.61. The number of halogens is 1. The highest BCUT2D eigenvalue weighted by molar-refractivity contribution is 5.93. The first kappa shape index (κ1) is 16.8. The summed E-state index contributed by atoms with van der Waals surface area (Å²) < 4.78 is 14.0. The summed E-state index contributed by atoms with van der Waals surface area (Å²) in [6, 6.07) is 8.84. The highest BCUT2D eigenvalue weighted by Crippen LogP contribution is 2.22. The van der Waals surface area contributed by atoms with Crippen molar-refractivity contribution in [2.24, 2.45) is 0 Å². The van der Waals surface area contributed by atoms with Crippen LogP contribution < -0.4 is 15.1 Å². The van der Waals surface area contributed by atoms with Gasteiger partial charge >= 0.3 is 0 Å². The van der Waals surface area contributed by atoms with Crippen molar-refractivity contribution >= 4 is 17.5 Å². The number of nitrogens with one attached hydrogen (secondary N) is 1. The van der Waals surface area contributed by atoms with Crippen molar-refractivity contribution < 1.29 is 9.18 Å². The quantitative estimate of drug-likeness (QED) is 0.911. The number of carbonyl (C=O) groups is 1. The molecular formula is C19H22FN5O. The average molecular weight is 355 g/mol. The summed E-state index contributed by atoms with van der Waals surface area (Å²) in [6.45, 7) is 4.60. The first-order chi connectivity index (χ1) is 12.6. The SMILES string of the molecule is Cc1cc(C(=O)NC2CC2)nc(N2CCN(c3ccccc3F)CC2)n1. The summed E-state index contributed by atoms with van der Waals surface area (Å²) >= 11 is 0. The van der Waals surface area contributed by atoms with Crippen molar-refractivity contribution in [1.29, 1.82) is 0 Å². The van der Waals surface area contributed by atoms with Crippen molar-refractivity contribution in [3.05, 3.63) is 47.5 Å². The number of nitrogens with zero attached hydrogens (tertiary/aromatic N) is 4. The van der Waals surface area contributed by atoms with Gasteiger partial charge in [0, 0.05) is 37.9 Å². The van der Waals surface area contributed by atoms with Crippen molar-refractivity contribution in [2.45, 2.75) is 25.8 Å². The molecule has 26 heavy (non-hydrogen) atoms. The molecule has 0 atom stereocenters. The van der Waals surface area contributed by atoms with E-state index in [9.17, 15) is 9.18 Å². The molecule has 0 spiro atoms. The van der Waals surface area contributed by atoms with Gasteiger partial charge in [-0.3, -0.25) is 4.79 Å². The molecule has 2 aliphatic rings. The second kappa shape index (κ2) is 6.90. The standard InChI is InChI=1S/C19H22FN5O/c1-13-12-16(18(26)22-14-6-7-14)23-19(21-13)25-10-8-24(9-11-25)17-5-3-2-4-15(17)20/h2-5,12,14H,6-11H2,1H3,(H,22,26). The van der Waals surface area contributed by atoms with Crippen LogP contribution in [-0.2, 0) is 0 Å². The van der Waals surface area contributed by atoms with E-state index in [2.05, 4.69) is 20.2 Å². The minimum absolute atomic E-state index is 0.135. The molecule has 4 rings (SSSR count). The van der Waals surface area contributed by atoms with Crippen LogP contribution in [0.25, 0.3) is 0 Å². The van der Waals surface area contributed by atoms with Gasteiger partial charge < -0.3 is 15.1 Å². The minimum Gasteiger partial charge on any atom is -0.366 e. The van der Waals surface area contributed by atoms with E-state index in [0.29, 0.717) is 49.6 Å². The molecule has 0 bridgehead atoms. The Labute approximate surface area is 152 Å². The molecule has 1 N–H and O–H groups in total. The van der Waals surface area contributed by atoms with Gasteiger partial charge in [-0.05, 0) is 38.0 Å². The summed E-state index contributed by atoms with van der Waals surface area (Å²) in [5.41, 5.74) is 1.81. The zero-order valence-electron chi connectivity index (χ0n) is 14.8. The number of benzene rings is 1. The van der Waals surface area contributed by atoms with E-state index in [1.165, 1.54) is 6.07 Å². The van der Waals surface area contributed by atoms with Crippen LogP contribution in [0, 0.1) is 12.7 Å². The molecule has 1 aromatic carbocycles. The van der Waals surface area contributed by atoms with E-state index in [0.717, 1.165) is 18.5 Å². The van der Waals surface area contributed by atoms with Gasteiger partial charge in [-0.1, -0.05) is 12.1 Å². The number of rotatable bonds is 4. The summed E-state index contributed by atoms with van der Waals surface area (Å²) in [7, 11) is 0. The van der Waals surface area contributed by atoms with Crippen LogP contribution >= 0.6 is 0 Å². The molecule has 2 fully saturated rings. The van der Waals surface area contributed by atoms with Crippen molar-refractivity contribution in [2.75, 3.05) is 36.0 Å². The van der Waals surface area contributed by atoms with Crippen molar-refractivity contribution in [3.63, 3.8) is 0 Å². The maximum absolute atomic E-state index is 14.0. The Hall–Kier alpha value is -2.70. The first-order valence-electron chi connectivity index (χ1n) is 9.01. The maximum atomic E-state index is 14.0. The summed E-state index contributed by atoms with van der Waals surface area (Å²) in [5.74, 6) is 0.232. The fourth-order valence-corrected chi connectivity index (χ4v) is 3.15. The smallest absolute Gasteiger partial charge is 0.270 e. The second-order valence-electron chi connectivity index (χ2n) is 6.87. The Kier molecular flexibility index (Phi) is 4.44. The molecule has 136 valence electrons. The maximum Gasteiger partial charge on any atom is 0.270 e. The molecular weight excluding hydrogens is 333 g/mol. The lowest BCUT2D eigenvalue weighted by Crippen LogP contribution is -2.47. The van der Waals surface area contributed by atoms with Gasteiger partial charge in [0.2, 0.25) is 5.95 Å². The molecule has 7 heteroatoms. The van der Waals surface area contributed by atoms with E-state index in [1.54, 1.807) is 18.2 Å². The molecule has 1 aromatic heterocycles. The first-order valence-corrected chi connectivity index (χ1v) is 9.01. The lowest BCUT2D eigenvalue weighted by molar-refractivity contribution is 0.0946. The Morgan fingerprint density at radius 1 is 1.12 bits per heavy atom. The van der Waals surface area contributed by atoms with Gasteiger partial charge in [-0.2, -0.15) is 0 Å². The van der Waals surface area contributed by atoms with Crippen LogP contribution in [0.5, 0.6) is 0 Å². The van der Waals surface area contributed by atoms with Crippen LogP contribution in [0.2, 0.25) is 0 Å². The molecule has 6 nitrogen and oxygen atoms in total. The molecule has 0 radical (unpaired) electrons. The number of carbonyl (C=O) groups excluding carboxylic acids is 1. The van der Waals surface area contributed by atoms with E-state index >= 15 is 0 Å². The number of para-hydroxylation sites is 1. The predicted molar refractivity (Wildman–Crippen MR) is 98.1 cm³/mol. The number of aromatic nitrogens is 2. The Morgan fingerprint density at radius 2 is 1.81 bits per heavy atom. The fraction of sp³-hybridized carbons (Fsp3) is 0.421. The molecule has 0 unspecified atom stereocenters. The normalized spacial score (nSPS) is 17.3. The summed E-state index contributed by atoms with van der Waals surface area (Å²) in [5, 5.41) is 2.96. The number of amides is 1. The molecule has 1 aliphatic heterocycles. The van der Waals surface area contributed by atoms with Gasteiger partial charge in [0.25, 0.3) is 5.91 Å². The van der Waals surface area contributed by atoms with Crippen molar-refractivity contribution in [3.8, 4) is 0 Å². The number of hydrogen-bond donors (Lipinski definition) is 1. The van der Waals surface area contributed by atoms with Gasteiger partial charge in [0.15, 0.2) is 0 Å². The van der Waals surface area contributed by atoms with Crippen LogP contribution in [-0.4, -0.2) is 48.1 Å². The minimum atomic E-state index is -0.202. The molecule has 1 saturated carbocycles. The van der Waals surface area contributed by atoms with Crippen molar-refractivity contribution in [1.82, 2.24) is 15.3 Å². The van der Waals surface area contributed by atoms with Gasteiger partial charge in [0.05, 0.1) is 5.69 Å². The highest BCUT2D eigenvalue weighted by Gasteiger charge is 2.26. The number of piperazine rings is 1. The third-order valence-electron chi connectivity index (χ3n) is 4.74. The van der Waals surface area contributed by atoms with Crippen LogP contribution in [0.15, 0.2) is 30.3 Å². The Bertz CT molecular complexity index is 815. The molecule has 2 heterocycles. The third-order valence-corrected chi connectivity index (χ3v) is 4.74. The molecule has 1 amide bonds. The summed E-state index contributed by atoms with van der Waals surface area (Å²) in [4.78, 5) is 25.3. The lowest BCUT2D eigenvalue weighted by atomic mass is 10.2. The van der Waals surface area contributed by atoms with E-state index in [-0.39, 0.29) is 11.7 Å². The van der Waals surface area contributed by atoms with Gasteiger partial charge in [-0.15, -0.1) is 0 Å². The zero-order chi connectivity index (χ0) is 18.1. The Morgan fingerprint density at radius 3 is 2.50 bits per heavy atom. The highest BCUT2D eigenvalue weighted by atomic mass is 19.1. The topological polar surface area (TPSA) is 61.4 Å². The molecule has 1 saturated heterocycles. The van der Waals surface area contributed by atoms with E-state index in [1.807, 2.05) is 17.9 Å². The molecule has 1 aliphatic carbocycles. The number of hydrogen-bond acceptors (Lipinski definition) is 5. The molecule has 2 aromatic rings. The predicted octanol–water partition coefficient (Wildman–Crippen LogP) is 2.14. The van der Waals surface area contributed by atoms with E-state index < -0.39 is 0 Å². The van der Waals surface area contributed by atoms with Gasteiger partial charge in [-0.25, -0.2) is 14.4 Å². The fourth-order valence-electron chi connectivity index (χ4n) is 3.15. The summed E-state index contributed by atoms with van der Waals surface area (Å²) in [6.07, 6.45) is 2.08. The van der Waals surface area contributed by atoms with Crippen LogP contribution in [0.4, 0.5) is 16.0 Å². The number of anilines is 2. The average Bonchev–Trinajstić information content (AvgIpc) is 3.46. The largest absolute Gasteiger partial charge is 0.366 e. The van der Waals surface area contributed by atoms with Crippen LogP contribution in [0.1, 0.15) is 29.0 Å². The van der Waals surface area contributed by atoms with E-state index in [4.69, 9.17) is 0 Å². The zero-order valence-corrected chi connectivity index (χ0v) is 14.8. The van der Waals surface area contributed by atoms with Gasteiger partial charge in [0.1, 0.15) is 11.5 Å². The lowest BCUT2D eigenvalue weighted by Gasteiger charge is -2.36. The monoisotopic (exact) mass is 355 g/mol. The van der Waals surface area contributed by atoms with Crippen LogP contribution in [0.3, 0.4) is 0 Å².